The molecule has 3 aromatic rings. The normalized spacial score (nSPS) is 17.5. The van der Waals surface area contributed by atoms with Gasteiger partial charge in [0.2, 0.25) is 0 Å². The number of rotatable bonds is 7. The minimum atomic E-state index is -0.847. The van der Waals surface area contributed by atoms with E-state index in [2.05, 4.69) is 23.1 Å². The first-order valence-electron chi connectivity index (χ1n) is 12.5. The molecule has 1 fully saturated rings. The van der Waals surface area contributed by atoms with Gasteiger partial charge in [0.1, 0.15) is 12.4 Å². The minimum absolute atomic E-state index is 0.0964. The van der Waals surface area contributed by atoms with Gasteiger partial charge in [0.25, 0.3) is 0 Å². The molecule has 0 spiro atoms. The van der Waals surface area contributed by atoms with E-state index in [0.717, 1.165) is 35.5 Å². The van der Waals surface area contributed by atoms with E-state index in [0.29, 0.717) is 51.3 Å². The van der Waals surface area contributed by atoms with Crippen LogP contribution in [0.15, 0.2) is 66.7 Å². The molecule has 2 aliphatic heterocycles. The van der Waals surface area contributed by atoms with Crippen LogP contribution in [0.3, 0.4) is 0 Å². The SMILES string of the molecule is Cc1cc(C(=O)CN2CCC(O)(c3ccc4c(c3)COCC4)CC2)ccc1OCc1ccccc1. The number of Topliss-reactive ketones (excluding diaryl/α,β-unsaturated/α-hetero) is 1. The molecule has 182 valence electrons. The van der Waals surface area contributed by atoms with Gasteiger partial charge < -0.3 is 14.6 Å². The number of ether oxygens (including phenoxy) is 2. The van der Waals surface area contributed by atoms with Crippen molar-refractivity contribution in [2.24, 2.45) is 0 Å². The molecule has 0 radical (unpaired) electrons. The van der Waals surface area contributed by atoms with Crippen molar-refractivity contribution in [1.82, 2.24) is 4.90 Å². The van der Waals surface area contributed by atoms with Crippen molar-refractivity contribution in [3.63, 3.8) is 0 Å². The highest BCUT2D eigenvalue weighted by atomic mass is 16.5. The Hall–Kier alpha value is -2.99. The Morgan fingerprint density at radius 2 is 1.83 bits per heavy atom. The number of benzene rings is 3. The van der Waals surface area contributed by atoms with E-state index in [1.807, 2.05) is 55.5 Å². The third kappa shape index (κ3) is 5.48. The van der Waals surface area contributed by atoms with Crippen molar-refractivity contribution < 1.29 is 19.4 Å². The molecule has 0 aromatic heterocycles. The van der Waals surface area contributed by atoms with E-state index in [9.17, 15) is 9.90 Å². The fraction of sp³-hybridized carbons (Fsp3) is 0.367. The van der Waals surface area contributed by atoms with Crippen LogP contribution in [0, 0.1) is 6.92 Å². The average Bonchev–Trinajstić information content (AvgIpc) is 2.89. The first kappa shape index (κ1) is 23.7. The van der Waals surface area contributed by atoms with Gasteiger partial charge in [-0.1, -0.05) is 48.5 Å². The number of carbonyl (C=O) groups excluding carboxylic acids is 1. The first-order valence-corrected chi connectivity index (χ1v) is 12.5. The second-order valence-electron chi connectivity index (χ2n) is 9.77. The summed E-state index contributed by atoms with van der Waals surface area (Å²) in [6, 6.07) is 22.0. The second kappa shape index (κ2) is 10.3. The van der Waals surface area contributed by atoms with E-state index >= 15 is 0 Å². The zero-order valence-corrected chi connectivity index (χ0v) is 20.3. The zero-order valence-electron chi connectivity index (χ0n) is 20.3. The second-order valence-corrected chi connectivity index (χ2v) is 9.77. The Morgan fingerprint density at radius 1 is 1.03 bits per heavy atom. The van der Waals surface area contributed by atoms with Crippen LogP contribution in [0.25, 0.3) is 0 Å². The molecule has 35 heavy (non-hydrogen) atoms. The van der Waals surface area contributed by atoms with Crippen LogP contribution in [0.2, 0.25) is 0 Å². The summed E-state index contributed by atoms with van der Waals surface area (Å²) in [5.41, 5.74) is 5.39. The lowest BCUT2D eigenvalue weighted by Gasteiger charge is -2.38. The summed E-state index contributed by atoms with van der Waals surface area (Å²) in [7, 11) is 0. The zero-order chi connectivity index (χ0) is 24.3. The number of piperidine rings is 1. The number of nitrogens with zero attached hydrogens (tertiary/aromatic N) is 1. The van der Waals surface area contributed by atoms with Gasteiger partial charge >= 0.3 is 0 Å². The summed E-state index contributed by atoms with van der Waals surface area (Å²) in [6.07, 6.45) is 2.17. The lowest BCUT2D eigenvalue weighted by atomic mass is 9.82. The summed E-state index contributed by atoms with van der Waals surface area (Å²) in [5, 5.41) is 11.3. The molecule has 5 rings (SSSR count). The summed E-state index contributed by atoms with van der Waals surface area (Å²) in [4.78, 5) is 15.1. The monoisotopic (exact) mass is 471 g/mol. The van der Waals surface area contributed by atoms with E-state index < -0.39 is 5.60 Å². The third-order valence-electron chi connectivity index (χ3n) is 7.30. The maximum absolute atomic E-state index is 13.0. The van der Waals surface area contributed by atoms with Crippen molar-refractivity contribution in [3.8, 4) is 5.75 Å². The van der Waals surface area contributed by atoms with Gasteiger partial charge in [0.05, 0.1) is 25.4 Å². The highest BCUT2D eigenvalue weighted by Gasteiger charge is 2.35. The molecule has 0 unspecified atom stereocenters. The molecule has 5 heteroatoms. The minimum Gasteiger partial charge on any atom is -0.489 e. The largest absolute Gasteiger partial charge is 0.489 e. The standard InChI is InChI=1S/C30H33NO4/c1-22-17-25(8-10-29(22)35-20-23-5-3-2-4-6-23)28(32)19-31-14-12-30(33,13-15-31)27-9-7-24-11-16-34-21-26(24)18-27/h2-10,17-18,33H,11-16,19-21H2,1H3. The number of likely N-dealkylation sites (tertiary alicyclic amines) is 1. The number of hydrogen-bond acceptors (Lipinski definition) is 5. The van der Waals surface area contributed by atoms with Gasteiger partial charge in [-0.15, -0.1) is 0 Å². The van der Waals surface area contributed by atoms with Crippen LogP contribution < -0.4 is 4.74 Å². The number of fused-ring (bicyclic) bond motifs is 1. The molecule has 2 heterocycles. The molecule has 0 amide bonds. The van der Waals surface area contributed by atoms with Gasteiger partial charge in [-0.05, 0) is 72.2 Å². The molecular formula is C30H33NO4. The summed E-state index contributed by atoms with van der Waals surface area (Å²) in [5.74, 6) is 0.892. The smallest absolute Gasteiger partial charge is 0.176 e. The van der Waals surface area contributed by atoms with Crippen LogP contribution >= 0.6 is 0 Å². The molecule has 1 saturated heterocycles. The third-order valence-corrected chi connectivity index (χ3v) is 7.30. The Labute approximate surface area is 207 Å². The highest BCUT2D eigenvalue weighted by Crippen LogP contribution is 2.34. The number of aliphatic hydroxyl groups is 1. The number of hydrogen-bond donors (Lipinski definition) is 1. The number of carbonyl (C=O) groups is 1. The molecule has 1 N–H and O–H groups in total. The van der Waals surface area contributed by atoms with E-state index in [1.54, 1.807) is 0 Å². The average molecular weight is 472 g/mol. The lowest BCUT2D eigenvalue weighted by Crippen LogP contribution is -2.44. The van der Waals surface area contributed by atoms with Crippen LogP contribution in [0.1, 0.15) is 51.0 Å². The number of aryl methyl sites for hydroxylation is 1. The van der Waals surface area contributed by atoms with E-state index in [4.69, 9.17) is 9.47 Å². The van der Waals surface area contributed by atoms with Crippen LogP contribution in [-0.4, -0.2) is 42.0 Å². The van der Waals surface area contributed by atoms with Crippen LogP contribution in [0.4, 0.5) is 0 Å². The molecular weight excluding hydrogens is 438 g/mol. The topological polar surface area (TPSA) is 59.0 Å². The van der Waals surface area contributed by atoms with Gasteiger partial charge in [0, 0.05) is 18.7 Å². The predicted molar refractivity (Wildman–Crippen MR) is 136 cm³/mol. The van der Waals surface area contributed by atoms with Crippen LogP contribution in [-0.2, 0) is 30.0 Å². The van der Waals surface area contributed by atoms with E-state index in [1.165, 1.54) is 11.1 Å². The van der Waals surface area contributed by atoms with Crippen molar-refractivity contribution in [2.45, 2.75) is 45.0 Å². The fourth-order valence-corrected chi connectivity index (χ4v) is 5.04. The van der Waals surface area contributed by atoms with E-state index in [-0.39, 0.29) is 5.78 Å². The highest BCUT2D eigenvalue weighted by molar-refractivity contribution is 5.98. The van der Waals surface area contributed by atoms with Gasteiger partial charge in [0.15, 0.2) is 5.78 Å². The molecule has 3 aromatic carbocycles. The summed E-state index contributed by atoms with van der Waals surface area (Å²) < 4.78 is 11.5. The Balaban J connectivity index is 1.16. The predicted octanol–water partition coefficient (Wildman–Crippen LogP) is 4.81. The maximum atomic E-state index is 13.0. The van der Waals surface area contributed by atoms with Crippen molar-refractivity contribution in [1.29, 1.82) is 0 Å². The maximum Gasteiger partial charge on any atom is 0.176 e. The Bertz CT molecular complexity index is 1180. The van der Waals surface area contributed by atoms with Gasteiger partial charge in [-0.25, -0.2) is 0 Å². The quantitative estimate of drug-likeness (QED) is 0.501. The molecule has 5 nitrogen and oxygen atoms in total. The van der Waals surface area contributed by atoms with Crippen molar-refractivity contribution >= 4 is 5.78 Å². The van der Waals surface area contributed by atoms with Crippen LogP contribution in [0.5, 0.6) is 5.75 Å². The molecule has 0 bridgehead atoms. The Kier molecular flexibility index (Phi) is 7.00. The number of ketones is 1. The van der Waals surface area contributed by atoms with Crippen molar-refractivity contribution in [3.05, 3.63) is 100 Å². The fourth-order valence-electron chi connectivity index (χ4n) is 5.04. The first-order chi connectivity index (χ1) is 17.0. The molecule has 0 saturated carbocycles. The van der Waals surface area contributed by atoms with Crippen molar-refractivity contribution in [2.75, 3.05) is 26.2 Å². The Morgan fingerprint density at radius 3 is 2.60 bits per heavy atom. The van der Waals surface area contributed by atoms with Gasteiger partial charge in [-0.2, -0.15) is 0 Å². The summed E-state index contributed by atoms with van der Waals surface area (Å²) >= 11 is 0. The summed E-state index contributed by atoms with van der Waals surface area (Å²) in [6.45, 7) is 5.60. The molecule has 2 aliphatic rings. The molecule has 0 atom stereocenters. The molecule has 0 aliphatic carbocycles. The lowest BCUT2D eigenvalue weighted by molar-refractivity contribution is -0.0247. The van der Waals surface area contributed by atoms with Gasteiger partial charge in [-0.3, -0.25) is 9.69 Å².